The second kappa shape index (κ2) is 7.29. The second-order valence-corrected chi connectivity index (χ2v) is 6.61. The Hall–Kier alpha value is -2.43. The van der Waals surface area contributed by atoms with Crippen LogP contribution >= 0.6 is 0 Å². The Labute approximate surface area is 152 Å². The maximum absolute atomic E-state index is 12.4. The molecule has 0 saturated carbocycles. The van der Waals surface area contributed by atoms with Crippen molar-refractivity contribution in [2.45, 2.75) is 44.5 Å². The van der Waals surface area contributed by atoms with E-state index in [1.807, 2.05) is 0 Å². The van der Waals surface area contributed by atoms with Gasteiger partial charge in [0.05, 0.1) is 17.8 Å². The summed E-state index contributed by atoms with van der Waals surface area (Å²) in [6.45, 7) is 0.312. The van der Waals surface area contributed by atoms with Crippen molar-refractivity contribution in [1.82, 2.24) is 19.9 Å². The average Bonchev–Trinajstić information content (AvgIpc) is 3.35. The van der Waals surface area contributed by atoms with E-state index in [1.54, 1.807) is 0 Å². The maximum Gasteiger partial charge on any atom is 0.408 e. The van der Waals surface area contributed by atoms with Crippen molar-refractivity contribution < 1.29 is 27.3 Å². The summed E-state index contributed by atoms with van der Waals surface area (Å²) < 4.78 is 48.6. The number of hydrogen-bond acceptors (Lipinski definition) is 7. The van der Waals surface area contributed by atoms with Crippen molar-refractivity contribution in [3.63, 3.8) is 0 Å². The van der Waals surface area contributed by atoms with Crippen LogP contribution < -0.4 is 0 Å². The molecule has 0 radical (unpaired) electrons. The van der Waals surface area contributed by atoms with Crippen molar-refractivity contribution in [1.29, 1.82) is 0 Å². The molecule has 1 unspecified atom stereocenters. The van der Waals surface area contributed by atoms with Crippen LogP contribution in [0.2, 0.25) is 0 Å². The highest BCUT2D eigenvalue weighted by Gasteiger charge is 2.33. The summed E-state index contributed by atoms with van der Waals surface area (Å²) in [6.07, 6.45) is -0.856. The molecule has 4 heterocycles. The number of aromatic nitrogens is 4. The van der Waals surface area contributed by atoms with Crippen LogP contribution in [0.1, 0.15) is 42.8 Å². The molecule has 11 heteroatoms. The summed E-state index contributed by atoms with van der Waals surface area (Å²) in [5, 5.41) is 11.9. The molecule has 2 aliphatic heterocycles. The molecule has 1 atom stereocenters. The number of ether oxygens (including phenoxy) is 1. The molecular formula is C16H18F3N5O3. The first-order valence-corrected chi connectivity index (χ1v) is 8.68. The van der Waals surface area contributed by atoms with Crippen molar-refractivity contribution >= 4 is 5.71 Å². The zero-order chi connectivity index (χ0) is 18.9. The zero-order valence-corrected chi connectivity index (χ0v) is 14.4. The third-order valence-electron chi connectivity index (χ3n) is 4.52. The number of hydrogen-bond donors (Lipinski definition) is 0. The number of nitrogens with zero attached hydrogens (tertiary/aromatic N) is 5. The minimum absolute atomic E-state index is 0.175. The Bertz CT molecular complexity index is 810. The number of halogens is 3. The number of alkyl halides is 3. The Morgan fingerprint density at radius 2 is 2.04 bits per heavy atom. The summed E-state index contributed by atoms with van der Waals surface area (Å²) in [4.78, 5) is 9.71. The van der Waals surface area contributed by atoms with Crippen LogP contribution in [0.4, 0.5) is 13.2 Å². The van der Waals surface area contributed by atoms with E-state index in [2.05, 4.69) is 20.4 Å². The molecule has 1 fully saturated rings. The van der Waals surface area contributed by atoms with Crippen LogP contribution in [0, 0.1) is 5.92 Å². The van der Waals surface area contributed by atoms with Gasteiger partial charge in [0.15, 0.2) is 5.82 Å². The van der Waals surface area contributed by atoms with E-state index in [1.165, 1.54) is 12.3 Å². The summed E-state index contributed by atoms with van der Waals surface area (Å²) in [6, 6.07) is 1.50. The summed E-state index contributed by atoms with van der Waals surface area (Å²) >= 11 is 0. The van der Waals surface area contributed by atoms with Gasteiger partial charge in [-0.25, -0.2) is 0 Å². The monoisotopic (exact) mass is 385 g/mol. The minimum Gasteiger partial charge on any atom is -0.382 e. The molecule has 0 spiro atoms. The Balaban J connectivity index is 1.34. The number of rotatable bonds is 5. The normalized spacial score (nSPS) is 21.3. The maximum atomic E-state index is 12.4. The molecule has 0 N–H and O–H groups in total. The van der Waals surface area contributed by atoms with Gasteiger partial charge < -0.3 is 14.1 Å². The van der Waals surface area contributed by atoms with Gasteiger partial charge in [-0.15, -0.1) is 0 Å². The fourth-order valence-corrected chi connectivity index (χ4v) is 3.20. The minimum atomic E-state index is -4.31. The van der Waals surface area contributed by atoms with E-state index in [9.17, 15) is 13.2 Å². The SMILES string of the molecule is FC(F)(F)Cn1ccc(Cc2noc(C3CC(C4CCOCC4)=NO3)n2)n1. The van der Waals surface area contributed by atoms with E-state index in [4.69, 9.17) is 14.1 Å². The molecule has 27 heavy (non-hydrogen) atoms. The molecular weight excluding hydrogens is 367 g/mol. The molecule has 0 aromatic carbocycles. The Morgan fingerprint density at radius 3 is 2.81 bits per heavy atom. The van der Waals surface area contributed by atoms with Gasteiger partial charge in [-0.2, -0.15) is 23.3 Å². The van der Waals surface area contributed by atoms with Crippen molar-refractivity contribution in [2.24, 2.45) is 11.1 Å². The predicted molar refractivity (Wildman–Crippen MR) is 84.8 cm³/mol. The first-order valence-electron chi connectivity index (χ1n) is 8.68. The van der Waals surface area contributed by atoms with Gasteiger partial charge in [-0.3, -0.25) is 4.68 Å². The van der Waals surface area contributed by atoms with Crippen molar-refractivity contribution in [2.75, 3.05) is 13.2 Å². The topological polar surface area (TPSA) is 87.6 Å². The molecule has 2 aromatic rings. The first-order chi connectivity index (χ1) is 13.0. The molecule has 8 nitrogen and oxygen atoms in total. The molecule has 0 amide bonds. The summed E-state index contributed by atoms with van der Waals surface area (Å²) in [7, 11) is 0. The van der Waals surface area contributed by atoms with Crippen LogP contribution in [0.25, 0.3) is 0 Å². The van der Waals surface area contributed by atoms with E-state index in [0.717, 1.165) is 36.4 Å². The molecule has 0 bridgehead atoms. The lowest BCUT2D eigenvalue weighted by Crippen LogP contribution is -2.22. The highest BCUT2D eigenvalue weighted by atomic mass is 19.4. The number of oxime groups is 1. The first kappa shape index (κ1) is 18.0. The van der Waals surface area contributed by atoms with E-state index >= 15 is 0 Å². The van der Waals surface area contributed by atoms with Gasteiger partial charge in [0, 0.05) is 31.7 Å². The van der Waals surface area contributed by atoms with Gasteiger partial charge >= 0.3 is 6.18 Å². The van der Waals surface area contributed by atoms with Crippen LogP contribution in [-0.2, 0) is 22.5 Å². The fourth-order valence-electron chi connectivity index (χ4n) is 3.20. The predicted octanol–water partition coefficient (Wildman–Crippen LogP) is 2.66. The fraction of sp³-hybridized carbons (Fsp3) is 0.625. The highest BCUT2D eigenvalue weighted by molar-refractivity contribution is 5.87. The molecule has 0 aliphatic carbocycles. The van der Waals surface area contributed by atoms with Gasteiger partial charge in [0.2, 0.25) is 6.10 Å². The zero-order valence-electron chi connectivity index (χ0n) is 14.4. The lowest BCUT2D eigenvalue weighted by atomic mass is 9.92. The Kier molecular flexibility index (Phi) is 4.85. The quantitative estimate of drug-likeness (QED) is 0.786. The third kappa shape index (κ3) is 4.46. The second-order valence-electron chi connectivity index (χ2n) is 6.61. The third-order valence-corrected chi connectivity index (χ3v) is 4.52. The van der Waals surface area contributed by atoms with Crippen LogP contribution in [0.3, 0.4) is 0 Å². The van der Waals surface area contributed by atoms with Gasteiger partial charge in [0.1, 0.15) is 6.54 Å². The average molecular weight is 385 g/mol. The largest absolute Gasteiger partial charge is 0.408 e. The summed E-state index contributed by atoms with van der Waals surface area (Å²) in [5.74, 6) is 1.000. The molecule has 2 aliphatic rings. The van der Waals surface area contributed by atoms with Gasteiger partial charge in [-0.1, -0.05) is 10.3 Å². The van der Waals surface area contributed by atoms with Crippen molar-refractivity contribution in [3.8, 4) is 0 Å². The molecule has 146 valence electrons. The lowest BCUT2D eigenvalue weighted by molar-refractivity contribution is -0.142. The molecule has 1 saturated heterocycles. The van der Waals surface area contributed by atoms with E-state index in [-0.39, 0.29) is 6.42 Å². The smallest absolute Gasteiger partial charge is 0.382 e. The van der Waals surface area contributed by atoms with Crippen LogP contribution in [0.5, 0.6) is 0 Å². The highest BCUT2D eigenvalue weighted by Crippen LogP contribution is 2.31. The molecule has 2 aromatic heterocycles. The van der Waals surface area contributed by atoms with Gasteiger partial charge in [0.25, 0.3) is 5.89 Å². The van der Waals surface area contributed by atoms with E-state index < -0.39 is 18.8 Å². The van der Waals surface area contributed by atoms with Crippen molar-refractivity contribution in [3.05, 3.63) is 29.7 Å². The Morgan fingerprint density at radius 1 is 1.22 bits per heavy atom. The van der Waals surface area contributed by atoms with E-state index in [0.29, 0.717) is 29.7 Å². The standard InChI is InChI=1S/C16H18F3N5O3/c17-16(18,19)9-24-4-1-11(21-24)7-14-20-15(27-23-14)13-8-12(22-26-13)10-2-5-25-6-3-10/h1,4,10,13H,2-3,5-9H2. The summed E-state index contributed by atoms with van der Waals surface area (Å²) in [5.41, 5.74) is 1.41. The molecule has 4 rings (SSSR count). The van der Waals surface area contributed by atoms with Crippen LogP contribution in [0.15, 0.2) is 21.9 Å². The van der Waals surface area contributed by atoms with Crippen LogP contribution in [-0.4, -0.2) is 45.0 Å². The lowest BCUT2D eigenvalue weighted by Gasteiger charge is -2.20. The van der Waals surface area contributed by atoms with Gasteiger partial charge in [-0.05, 0) is 18.9 Å².